The van der Waals surface area contributed by atoms with Crippen molar-refractivity contribution in [2.24, 2.45) is 5.41 Å². The van der Waals surface area contributed by atoms with Crippen molar-refractivity contribution in [2.75, 3.05) is 45.2 Å². The molecule has 8 nitrogen and oxygen atoms in total. The molecule has 0 unspecified atom stereocenters. The molecule has 1 aromatic heterocycles. The zero-order valence-corrected chi connectivity index (χ0v) is 19.5. The highest BCUT2D eigenvalue weighted by molar-refractivity contribution is 5.77. The minimum Gasteiger partial charge on any atom is -0.495 e. The SMILES string of the molecule is COc1cc(C(F)(F)F)ccc1N(C)C1CN(C(=O)N2CC3(CC(n4cnc(C(F)(F)F)n4)C3)C2)C1. The Labute approximate surface area is 202 Å². The number of nitrogens with zero attached hydrogens (tertiary/aromatic N) is 6. The van der Waals surface area contributed by atoms with Gasteiger partial charge in [-0.2, -0.15) is 26.3 Å². The third kappa shape index (κ3) is 4.19. The molecular weight excluding hydrogens is 494 g/mol. The number of amides is 2. The maximum Gasteiger partial charge on any atom is 0.453 e. The Morgan fingerprint density at radius 2 is 1.75 bits per heavy atom. The molecule has 3 heterocycles. The number of ether oxygens (including phenoxy) is 1. The fraction of sp³-hybridized carbons (Fsp3) is 0.591. The van der Waals surface area contributed by atoms with Crippen molar-refractivity contribution in [2.45, 2.75) is 37.3 Å². The van der Waals surface area contributed by atoms with E-state index in [1.165, 1.54) is 17.9 Å². The minimum atomic E-state index is -4.58. The number of benzene rings is 1. The Morgan fingerprint density at radius 1 is 1.08 bits per heavy atom. The second-order valence-corrected chi connectivity index (χ2v) is 9.80. The van der Waals surface area contributed by atoms with Crippen LogP contribution in [0.3, 0.4) is 0 Å². The van der Waals surface area contributed by atoms with E-state index in [0.29, 0.717) is 44.7 Å². The second-order valence-electron chi connectivity index (χ2n) is 9.80. The van der Waals surface area contributed by atoms with Crippen LogP contribution in [-0.4, -0.2) is 77.0 Å². The Kier molecular flexibility index (Phi) is 5.56. The molecule has 1 saturated carbocycles. The number of urea groups is 1. The average Bonchev–Trinajstić information content (AvgIpc) is 3.19. The smallest absolute Gasteiger partial charge is 0.453 e. The largest absolute Gasteiger partial charge is 0.495 e. The standard InChI is InChI=1S/C22H24F6N6O2/c1-31(16-4-3-13(21(23,24)25)5-17(16)36-2)15-8-32(9-15)19(35)33-10-20(11-33)6-14(7-20)34-12-29-18(30-34)22(26,27)28/h3-5,12,14-15H,6-11H2,1-2H3. The molecule has 0 radical (unpaired) electrons. The van der Waals surface area contributed by atoms with Crippen LogP contribution in [0.25, 0.3) is 0 Å². The predicted octanol–water partition coefficient (Wildman–Crippen LogP) is 3.90. The molecule has 36 heavy (non-hydrogen) atoms. The number of aromatic nitrogens is 3. The number of alkyl halides is 6. The molecule has 2 saturated heterocycles. The molecule has 5 rings (SSSR count). The molecule has 2 aliphatic heterocycles. The second kappa shape index (κ2) is 8.17. The zero-order valence-electron chi connectivity index (χ0n) is 19.5. The third-order valence-electron chi connectivity index (χ3n) is 7.36. The number of carbonyl (C=O) groups excluding carboxylic acids is 1. The van der Waals surface area contributed by atoms with E-state index < -0.39 is 23.7 Å². The van der Waals surface area contributed by atoms with Crippen LogP contribution in [-0.2, 0) is 12.4 Å². The Hall–Kier alpha value is -3.19. The highest BCUT2D eigenvalue weighted by Gasteiger charge is 2.56. The van der Waals surface area contributed by atoms with E-state index in [1.807, 2.05) is 4.90 Å². The van der Waals surface area contributed by atoms with Crippen LogP contribution >= 0.6 is 0 Å². The number of halogens is 6. The van der Waals surface area contributed by atoms with Gasteiger partial charge in [0, 0.05) is 38.6 Å². The first-order valence-electron chi connectivity index (χ1n) is 11.3. The van der Waals surface area contributed by atoms with Gasteiger partial charge in [0.1, 0.15) is 12.1 Å². The Morgan fingerprint density at radius 3 is 2.31 bits per heavy atom. The van der Waals surface area contributed by atoms with Gasteiger partial charge in [-0.25, -0.2) is 14.5 Å². The van der Waals surface area contributed by atoms with Gasteiger partial charge in [-0.1, -0.05) is 0 Å². The molecule has 3 fully saturated rings. The van der Waals surface area contributed by atoms with E-state index in [9.17, 15) is 31.1 Å². The van der Waals surface area contributed by atoms with Crippen LogP contribution in [0.4, 0.5) is 36.8 Å². The quantitative estimate of drug-likeness (QED) is 0.575. The molecule has 3 aliphatic rings. The van der Waals surface area contributed by atoms with Gasteiger partial charge in [-0.05, 0) is 31.0 Å². The number of rotatable bonds is 4. The van der Waals surface area contributed by atoms with Gasteiger partial charge in [-0.15, -0.1) is 5.10 Å². The van der Waals surface area contributed by atoms with E-state index in [1.54, 1.807) is 16.8 Å². The molecule has 2 aromatic rings. The van der Waals surface area contributed by atoms with Gasteiger partial charge in [0.05, 0.1) is 30.4 Å². The molecular formula is C22H24F6N6O2. The van der Waals surface area contributed by atoms with Crippen molar-refractivity contribution in [1.29, 1.82) is 0 Å². The minimum absolute atomic E-state index is 0.0712. The molecule has 1 aliphatic carbocycles. The number of anilines is 1. The summed E-state index contributed by atoms with van der Waals surface area (Å²) >= 11 is 0. The van der Waals surface area contributed by atoms with Gasteiger partial charge in [0.2, 0.25) is 0 Å². The maximum atomic E-state index is 13.0. The summed E-state index contributed by atoms with van der Waals surface area (Å²) in [6, 6.07) is 2.98. The highest BCUT2D eigenvalue weighted by atomic mass is 19.4. The molecule has 0 bridgehead atoms. The highest BCUT2D eigenvalue weighted by Crippen LogP contribution is 2.54. The molecule has 0 N–H and O–H groups in total. The Balaban J connectivity index is 1.11. The van der Waals surface area contributed by atoms with Crippen LogP contribution < -0.4 is 9.64 Å². The lowest BCUT2D eigenvalue weighted by atomic mass is 9.61. The number of methoxy groups -OCH3 is 1. The van der Waals surface area contributed by atoms with Crippen molar-refractivity contribution < 1.29 is 35.9 Å². The van der Waals surface area contributed by atoms with Crippen molar-refractivity contribution in [1.82, 2.24) is 24.6 Å². The van der Waals surface area contributed by atoms with Gasteiger partial charge < -0.3 is 19.4 Å². The molecule has 14 heteroatoms. The normalized spacial score (nSPS) is 20.1. The van der Waals surface area contributed by atoms with Gasteiger partial charge in [0.25, 0.3) is 5.82 Å². The molecule has 1 spiro atoms. The topological polar surface area (TPSA) is 66.7 Å². The van der Waals surface area contributed by atoms with E-state index >= 15 is 0 Å². The summed E-state index contributed by atoms with van der Waals surface area (Å²) in [5, 5.41) is 3.53. The monoisotopic (exact) mass is 518 g/mol. The first kappa shape index (κ1) is 24.5. The zero-order chi connectivity index (χ0) is 26.0. The maximum absolute atomic E-state index is 13.0. The summed E-state index contributed by atoms with van der Waals surface area (Å²) in [6.07, 6.45) is -6.68. The fourth-order valence-corrected chi connectivity index (χ4v) is 5.26. The number of hydrogen-bond donors (Lipinski definition) is 0. The summed E-state index contributed by atoms with van der Waals surface area (Å²) in [5.41, 5.74) is -0.386. The molecule has 0 atom stereocenters. The summed E-state index contributed by atoms with van der Waals surface area (Å²) in [6.45, 7) is 1.91. The fourth-order valence-electron chi connectivity index (χ4n) is 5.26. The summed E-state index contributed by atoms with van der Waals surface area (Å²) < 4.78 is 83.5. The van der Waals surface area contributed by atoms with Crippen LogP contribution in [0.5, 0.6) is 5.75 Å². The van der Waals surface area contributed by atoms with E-state index in [2.05, 4.69) is 10.1 Å². The predicted molar refractivity (Wildman–Crippen MR) is 114 cm³/mol. The van der Waals surface area contributed by atoms with E-state index in [0.717, 1.165) is 18.5 Å². The van der Waals surface area contributed by atoms with Crippen molar-refractivity contribution in [3.05, 3.63) is 35.9 Å². The number of hydrogen-bond acceptors (Lipinski definition) is 5. The van der Waals surface area contributed by atoms with Gasteiger partial charge in [0.15, 0.2) is 0 Å². The molecule has 196 valence electrons. The number of carbonyl (C=O) groups is 1. The lowest BCUT2D eigenvalue weighted by molar-refractivity contribution is -0.145. The van der Waals surface area contributed by atoms with Gasteiger partial charge >= 0.3 is 18.4 Å². The van der Waals surface area contributed by atoms with Crippen molar-refractivity contribution in [3.63, 3.8) is 0 Å². The first-order chi connectivity index (χ1) is 16.8. The third-order valence-corrected chi connectivity index (χ3v) is 7.36. The van der Waals surface area contributed by atoms with Crippen LogP contribution in [0.2, 0.25) is 0 Å². The lowest BCUT2D eigenvalue weighted by Gasteiger charge is -2.60. The molecule has 2 amide bonds. The average molecular weight is 518 g/mol. The van der Waals surface area contributed by atoms with Gasteiger partial charge in [-0.3, -0.25) is 0 Å². The van der Waals surface area contributed by atoms with Crippen LogP contribution in [0.15, 0.2) is 24.5 Å². The lowest BCUT2D eigenvalue weighted by Crippen LogP contribution is -2.69. The molecule has 1 aromatic carbocycles. The van der Waals surface area contributed by atoms with Crippen molar-refractivity contribution >= 4 is 11.7 Å². The summed E-state index contributed by atoms with van der Waals surface area (Å²) in [5.74, 6) is -1.05. The Bertz CT molecular complexity index is 1140. The van der Waals surface area contributed by atoms with Crippen LogP contribution in [0.1, 0.15) is 30.3 Å². The summed E-state index contributed by atoms with van der Waals surface area (Å²) in [7, 11) is 3.06. The van der Waals surface area contributed by atoms with Crippen molar-refractivity contribution in [3.8, 4) is 5.75 Å². The first-order valence-corrected chi connectivity index (χ1v) is 11.3. The number of likely N-dealkylation sites (N-methyl/N-ethyl adjacent to an activating group) is 1. The number of likely N-dealkylation sites (tertiary alicyclic amines) is 2. The van der Waals surface area contributed by atoms with Crippen LogP contribution in [0, 0.1) is 5.41 Å². The summed E-state index contributed by atoms with van der Waals surface area (Å²) in [4.78, 5) is 21.3. The van der Waals surface area contributed by atoms with E-state index in [-0.39, 0.29) is 29.3 Å². The van der Waals surface area contributed by atoms with E-state index in [4.69, 9.17) is 4.74 Å².